The van der Waals surface area contributed by atoms with Gasteiger partial charge in [-0.2, -0.15) is 0 Å². The van der Waals surface area contributed by atoms with Gasteiger partial charge in [0.1, 0.15) is 0 Å². The monoisotopic (exact) mass is 308 g/mol. The third kappa shape index (κ3) is 3.24. The lowest BCUT2D eigenvalue weighted by Gasteiger charge is -2.32. The van der Waals surface area contributed by atoms with Crippen molar-refractivity contribution >= 4 is 18.3 Å². The van der Waals surface area contributed by atoms with Crippen LogP contribution in [0.1, 0.15) is 56.2 Å². The predicted octanol–water partition coefficient (Wildman–Crippen LogP) is 3.21. The molecule has 3 rings (SSSR count). The Hall–Kier alpha value is -1.06. The lowest BCUT2D eigenvalue weighted by Crippen LogP contribution is -2.46. The van der Waals surface area contributed by atoms with Crippen LogP contribution < -0.4 is 5.73 Å². The lowest BCUT2D eigenvalue weighted by atomic mass is 10.0. The first-order chi connectivity index (χ1) is 9.72. The van der Waals surface area contributed by atoms with E-state index in [-0.39, 0.29) is 30.4 Å². The molecule has 4 heteroatoms. The number of nitrogens with zero attached hydrogens (tertiary/aromatic N) is 1. The highest BCUT2D eigenvalue weighted by molar-refractivity contribution is 5.85. The molecule has 1 aromatic carbocycles. The van der Waals surface area contributed by atoms with Crippen LogP contribution in [0.25, 0.3) is 0 Å². The number of amides is 1. The number of carbonyl (C=O) groups is 1. The number of rotatable bonds is 5. The van der Waals surface area contributed by atoms with Crippen LogP contribution in [0.15, 0.2) is 24.3 Å². The van der Waals surface area contributed by atoms with E-state index in [4.69, 9.17) is 5.73 Å². The molecule has 0 aliphatic heterocycles. The Morgan fingerprint density at radius 3 is 2.71 bits per heavy atom. The number of nitrogens with two attached hydrogens (primary N) is 1. The second-order valence-electron chi connectivity index (χ2n) is 6.13. The Balaban J connectivity index is 0.00000161. The molecule has 1 fully saturated rings. The number of carbonyl (C=O) groups excluding carboxylic acids is 1. The maximum atomic E-state index is 12.7. The van der Waals surface area contributed by atoms with Crippen LogP contribution in [-0.2, 0) is 11.2 Å². The molecule has 2 atom stereocenters. The lowest BCUT2D eigenvalue weighted by molar-refractivity contribution is -0.136. The van der Waals surface area contributed by atoms with Gasteiger partial charge in [-0.1, -0.05) is 37.6 Å². The predicted molar refractivity (Wildman–Crippen MR) is 87.5 cm³/mol. The fraction of sp³-hybridized carbons (Fsp3) is 0.588. The summed E-state index contributed by atoms with van der Waals surface area (Å²) in [5, 5.41) is 0. The van der Waals surface area contributed by atoms with Crippen molar-refractivity contribution in [3.8, 4) is 0 Å². The van der Waals surface area contributed by atoms with Crippen molar-refractivity contribution in [2.75, 3.05) is 0 Å². The molecule has 0 heterocycles. The van der Waals surface area contributed by atoms with E-state index in [1.807, 2.05) is 0 Å². The fourth-order valence-electron chi connectivity index (χ4n) is 3.39. The van der Waals surface area contributed by atoms with Crippen LogP contribution in [0.2, 0.25) is 0 Å². The van der Waals surface area contributed by atoms with E-state index in [1.54, 1.807) is 0 Å². The molecule has 0 spiro atoms. The number of halogens is 1. The van der Waals surface area contributed by atoms with Gasteiger partial charge in [0.2, 0.25) is 5.91 Å². The van der Waals surface area contributed by atoms with E-state index in [9.17, 15) is 4.79 Å². The third-order valence-electron chi connectivity index (χ3n) is 4.55. The van der Waals surface area contributed by atoms with Crippen molar-refractivity contribution in [1.82, 2.24) is 4.90 Å². The summed E-state index contributed by atoms with van der Waals surface area (Å²) in [6, 6.07) is 8.91. The molecule has 116 valence electrons. The first-order valence-electron chi connectivity index (χ1n) is 7.88. The van der Waals surface area contributed by atoms with Gasteiger partial charge in [-0.3, -0.25) is 4.79 Å². The van der Waals surface area contributed by atoms with Gasteiger partial charge < -0.3 is 10.6 Å². The quantitative estimate of drug-likeness (QED) is 0.908. The number of hydrogen-bond donors (Lipinski definition) is 1. The standard InChI is InChI=1S/C17H24N2O.ClH/c1-2-5-15(18)17(20)19(13-9-10-13)16-11-8-12-6-3-4-7-14(12)16;/h3-4,6-7,13,15-16H,2,5,8-11,18H2,1H3;1H. The SMILES string of the molecule is CCCC(N)C(=O)N(C1CC1)C1CCc2ccccc21.Cl. The molecule has 2 aliphatic rings. The molecule has 1 aromatic rings. The average Bonchev–Trinajstić information content (AvgIpc) is 3.20. The van der Waals surface area contributed by atoms with Gasteiger partial charge in [0.05, 0.1) is 12.1 Å². The van der Waals surface area contributed by atoms with Crippen molar-refractivity contribution in [3.05, 3.63) is 35.4 Å². The summed E-state index contributed by atoms with van der Waals surface area (Å²) in [5.41, 5.74) is 8.84. The third-order valence-corrected chi connectivity index (χ3v) is 4.55. The zero-order valence-corrected chi connectivity index (χ0v) is 13.4. The fourth-order valence-corrected chi connectivity index (χ4v) is 3.39. The zero-order valence-electron chi connectivity index (χ0n) is 12.6. The molecule has 2 aliphatic carbocycles. The second-order valence-corrected chi connectivity index (χ2v) is 6.13. The first kappa shape index (κ1) is 16.3. The van der Waals surface area contributed by atoms with Crippen LogP contribution in [-0.4, -0.2) is 22.9 Å². The maximum absolute atomic E-state index is 12.7. The molecule has 21 heavy (non-hydrogen) atoms. The molecule has 0 saturated heterocycles. The van der Waals surface area contributed by atoms with Gasteiger partial charge in [0, 0.05) is 6.04 Å². The van der Waals surface area contributed by atoms with Gasteiger partial charge in [0.25, 0.3) is 0 Å². The smallest absolute Gasteiger partial charge is 0.240 e. The van der Waals surface area contributed by atoms with Crippen molar-refractivity contribution in [1.29, 1.82) is 0 Å². The Morgan fingerprint density at radius 1 is 1.33 bits per heavy atom. The van der Waals surface area contributed by atoms with Gasteiger partial charge in [-0.05, 0) is 43.2 Å². The van der Waals surface area contributed by atoms with E-state index >= 15 is 0 Å². The Bertz CT molecular complexity index is 501. The van der Waals surface area contributed by atoms with Crippen LogP contribution in [0.3, 0.4) is 0 Å². The molecule has 3 nitrogen and oxygen atoms in total. The summed E-state index contributed by atoms with van der Waals surface area (Å²) in [6.45, 7) is 2.08. The van der Waals surface area contributed by atoms with Crippen LogP contribution in [0, 0.1) is 0 Å². The second kappa shape index (κ2) is 6.80. The summed E-state index contributed by atoms with van der Waals surface area (Å²) < 4.78 is 0. The van der Waals surface area contributed by atoms with Crippen molar-refractivity contribution in [3.63, 3.8) is 0 Å². The Labute approximate surface area is 133 Å². The summed E-state index contributed by atoms with van der Waals surface area (Å²) >= 11 is 0. The first-order valence-corrected chi connectivity index (χ1v) is 7.88. The molecule has 1 saturated carbocycles. The van der Waals surface area contributed by atoms with E-state index in [0.29, 0.717) is 6.04 Å². The minimum absolute atomic E-state index is 0. The van der Waals surface area contributed by atoms with Gasteiger partial charge in [-0.25, -0.2) is 0 Å². The molecule has 0 radical (unpaired) electrons. The van der Waals surface area contributed by atoms with Crippen molar-refractivity contribution in [2.24, 2.45) is 5.73 Å². The highest BCUT2D eigenvalue weighted by Gasteiger charge is 2.41. The topological polar surface area (TPSA) is 46.3 Å². The molecule has 0 bridgehead atoms. The maximum Gasteiger partial charge on any atom is 0.240 e. The van der Waals surface area contributed by atoms with E-state index in [1.165, 1.54) is 11.1 Å². The molecule has 1 amide bonds. The number of benzene rings is 1. The molecule has 2 unspecified atom stereocenters. The van der Waals surface area contributed by atoms with Gasteiger partial charge >= 0.3 is 0 Å². The summed E-state index contributed by atoms with van der Waals surface area (Å²) in [5.74, 6) is 0.163. The zero-order chi connectivity index (χ0) is 14.1. The van der Waals surface area contributed by atoms with Crippen LogP contribution in [0.5, 0.6) is 0 Å². The molecular weight excluding hydrogens is 284 g/mol. The Morgan fingerprint density at radius 2 is 2.05 bits per heavy atom. The molecule has 0 aromatic heterocycles. The Kier molecular flexibility index (Phi) is 5.28. The van der Waals surface area contributed by atoms with Crippen molar-refractivity contribution < 1.29 is 4.79 Å². The number of aryl methyl sites for hydroxylation is 1. The van der Waals surface area contributed by atoms with E-state index < -0.39 is 0 Å². The summed E-state index contributed by atoms with van der Waals surface area (Å²) in [4.78, 5) is 14.8. The highest BCUT2D eigenvalue weighted by Crippen LogP contribution is 2.42. The highest BCUT2D eigenvalue weighted by atomic mass is 35.5. The van der Waals surface area contributed by atoms with Crippen LogP contribution >= 0.6 is 12.4 Å². The summed E-state index contributed by atoms with van der Waals surface area (Å²) in [6.07, 6.45) is 6.18. The van der Waals surface area contributed by atoms with Gasteiger partial charge in [-0.15, -0.1) is 12.4 Å². The number of hydrogen-bond acceptors (Lipinski definition) is 2. The number of fused-ring (bicyclic) bond motifs is 1. The molecular formula is C17H25ClN2O. The van der Waals surface area contributed by atoms with E-state index in [2.05, 4.69) is 36.1 Å². The minimum atomic E-state index is -0.326. The molecule has 2 N–H and O–H groups in total. The van der Waals surface area contributed by atoms with E-state index in [0.717, 1.165) is 38.5 Å². The normalized spacial score (nSPS) is 21.3. The van der Waals surface area contributed by atoms with Crippen LogP contribution in [0.4, 0.5) is 0 Å². The summed E-state index contributed by atoms with van der Waals surface area (Å²) in [7, 11) is 0. The van der Waals surface area contributed by atoms with Crippen molar-refractivity contribution in [2.45, 2.75) is 63.6 Å². The minimum Gasteiger partial charge on any atom is -0.331 e. The average molecular weight is 309 g/mol. The van der Waals surface area contributed by atoms with Gasteiger partial charge in [0.15, 0.2) is 0 Å². The largest absolute Gasteiger partial charge is 0.331 e.